The first-order valence-electron chi connectivity index (χ1n) is 11.5. The van der Waals surface area contributed by atoms with Gasteiger partial charge in [0.1, 0.15) is 11.8 Å². The molecule has 2 aliphatic rings. The number of nitrogens with one attached hydrogen (secondary N) is 1. The van der Waals surface area contributed by atoms with Crippen molar-refractivity contribution < 1.29 is 23.5 Å². The van der Waals surface area contributed by atoms with Crippen molar-refractivity contribution in [1.29, 1.82) is 0 Å². The number of hydrogen-bond donors (Lipinski definition) is 1. The van der Waals surface area contributed by atoms with Gasteiger partial charge in [0.2, 0.25) is 5.91 Å². The van der Waals surface area contributed by atoms with Crippen LogP contribution in [0, 0.1) is 12.8 Å². The Bertz CT molecular complexity index is 1010. The van der Waals surface area contributed by atoms with E-state index < -0.39 is 11.8 Å². The number of piperidine rings is 1. The lowest BCUT2D eigenvalue weighted by Crippen LogP contribution is -2.60. The van der Waals surface area contributed by atoms with Crippen molar-refractivity contribution in [3.8, 4) is 0 Å². The Morgan fingerprint density at radius 1 is 1.09 bits per heavy atom. The topological polar surface area (TPSA) is 92.1 Å². The lowest BCUT2D eigenvalue weighted by atomic mass is 9.95. The van der Waals surface area contributed by atoms with E-state index in [-0.39, 0.29) is 30.1 Å². The average Bonchev–Trinajstić information content (AvgIpc) is 3.46. The Kier molecular flexibility index (Phi) is 6.56. The molecule has 1 spiro atoms. The number of ether oxygens (including phenoxy) is 1. The predicted octanol–water partition coefficient (Wildman–Crippen LogP) is 2.83. The standard InChI is InChI=1S/C25H31N3O5/c1-17(2)15-26-22(29)20-16-33-25(28(20)23(30)19-8-5-4-7-18(19)3)10-12-27(13-11-25)24(31)21-9-6-14-32-21/h4-9,14,17,20H,10-13,15-16H2,1-3H3,(H,26,29). The smallest absolute Gasteiger partial charge is 0.289 e. The highest BCUT2D eigenvalue weighted by molar-refractivity contribution is 5.99. The van der Waals surface area contributed by atoms with Crippen LogP contribution in [0.1, 0.15) is 53.2 Å². The van der Waals surface area contributed by atoms with Crippen LogP contribution >= 0.6 is 0 Å². The molecule has 3 amide bonds. The molecule has 0 saturated carbocycles. The van der Waals surface area contributed by atoms with E-state index in [1.54, 1.807) is 28.0 Å². The van der Waals surface area contributed by atoms with Crippen molar-refractivity contribution in [1.82, 2.24) is 15.1 Å². The van der Waals surface area contributed by atoms with E-state index in [1.807, 2.05) is 39.0 Å². The van der Waals surface area contributed by atoms with Gasteiger partial charge in [0, 0.05) is 38.0 Å². The summed E-state index contributed by atoms with van der Waals surface area (Å²) >= 11 is 0. The lowest BCUT2D eigenvalue weighted by Gasteiger charge is -2.44. The molecule has 1 aromatic carbocycles. The molecule has 176 valence electrons. The molecule has 2 aromatic rings. The molecule has 1 unspecified atom stereocenters. The van der Waals surface area contributed by atoms with E-state index in [4.69, 9.17) is 9.15 Å². The molecule has 2 saturated heterocycles. The van der Waals surface area contributed by atoms with Crippen molar-refractivity contribution in [3.05, 3.63) is 59.5 Å². The van der Waals surface area contributed by atoms with Gasteiger partial charge in [0.25, 0.3) is 11.8 Å². The van der Waals surface area contributed by atoms with Crippen LogP contribution in [-0.4, -0.2) is 65.5 Å². The minimum absolute atomic E-state index is 0.133. The molecule has 1 atom stereocenters. The minimum Gasteiger partial charge on any atom is -0.459 e. The molecule has 2 aliphatic heterocycles. The van der Waals surface area contributed by atoms with Gasteiger partial charge in [-0.2, -0.15) is 0 Å². The van der Waals surface area contributed by atoms with Gasteiger partial charge in [-0.15, -0.1) is 0 Å². The van der Waals surface area contributed by atoms with E-state index in [1.165, 1.54) is 6.26 Å². The minimum atomic E-state index is -0.931. The molecule has 0 radical (unpaired) electrons. The van der Waals surface area contributed by atoms with Gasteiger partial charge in [-0.3, -0.25) is 19.3 Å². The zero-order valence-corrected chi connectivity index (χ0v) is 19.4. The molecule has 8 nitrogen and oxygen atoms in total. The summed E-state index contributed by atoms with van der Waals surface area (Å²) in [5.41, 5.74) is 0.466. The number of amides is 3. The SMILES string of the molecule is Cc1ccccc1C(=O)N1C(C(=O)NCC(C)C)COC12CCN(C(=O)c1ccco1)CC2. The van der Waals surface area contributed by atoms with Crippen molar-refractivity contribution in [2.24, 2.45) is 5.92 Å². The fraction of sp³-hybridized carbons (Fsp3) is 0.480. The van der Waals surface area contributed by atoms with Gasteiger partial charge in [-0.25, -0.2) is 0 Å². The van der Waals surface area contributed by atoms with E-state index in [2.05, 4.69) is 5.32 Å². The van der Waals surface area contributed by atoms with Crippen LogP contribution in [0.4, 0.5) is 0 Å². The van der Waals surface area contributed by atoms with Crippen LogP contribution in [0.3, 0.4) is 0 Å². The Morgan fingerprint density at radius 3 is 2.45 bits per heavy atom. The summed E-state index contributed by atoms with van der Waals surface area (Å²) in [5.74, 6) is -0.0350. The van der Waals surface area contributed by atoms with Gasteiger partial charge in [-0.05, 0) is 36.6 Å². The fourth-order valence-electron chi connectivity index (χ4n) is 4.55. The number of aryl methyl sites for hydroxylation is 1. The maximum absolute atomic E-state index is 13.8. The molecule has 0 aliphatic carbocycles. The zero-order chi connectivity index (χ0) is 23.6. The summed E-state index contributed by atoms with van der Waals surface area (Å²) in [5, 5.41) is 2.95. The normalized spacial score (nSPS) is 19.8. The molecule has 1 N–H and O–H groups in total. The first kappa shape index (κ1) is 23.0. The summed E-state index contributed by atoms with van der Waals surface area (Å²) in [6, 6.07) is 9.97. The number of nitrogens with zero attached hydrogens (tertiary/aromatic N) is 2. The second-order valence-corrected chi connectivity index (χ2v) is 9.17. The Labute approximate surface area is 193 Å². The molecular formula is C25H31N3O5. The van der Waals surface area contributed by atoms with Gasteiger partial charge in [0.15, 0.2) is 5.76 Å². The highest BCUT2D eigenvalue weighted by atomic mass is 16.5. The maximum atomic E-state index is 13.8. The number of benzene rings is 1. The second kappa shape index (κ2) is 9.39. The van der Waals surface area contributed by atoms with E-state index >= 15 is 0 Å². The second-order valence-electron chi connectivity index (χ2n) is 9.17. The van der Waals surface area contributed by atoms with Crippen LogP contribution in [0.5, 0.6) is 0 Å². The van der Waals surface area contributed by atoms with Gasteiger partial charge < -0.3 is 19.4 Å². The van der Waals surface area contributed by atoms with Gasteiger partial charge >= 0.3 is 0 Å². The summed E-state index contributed by atoms with van der Waals surface area (Å²) in [6.45, 7) is 7.39. The van der Waals surface area contributed by atoms with Crippen molar-refractivity contribution in [2.45, 2.75) is 45.4 Å². The number of carbonyl (C=O) groups excluding carboxylic acids is 3. The molecular weight excluding hydrogens is 422 g/mol. The summed E-state index contributed by atoms with van der Waals surface area (Å²) in [4.78, 5) is 42.9. The molecule has 1 aromatic heterocycles. The summed E-state index contributed by atoms with van der Waals surface area (Å²) in [6.07, 6.45) is 2.32. The van der Waals surface area contributed by atoms with Crippen molar-refractivity contribution in [3.63, 3.8) is 0 Å². The molecule has 2 fully saturated rings. The van der Waals surface area contributed by atoms with Crippen molar-refractivity contribution >= 4 is 17.7 Å². The van der Waals surface area contributed by atoms with Gasteiger partial charge in [-0.1, -0.05) is 32.0 Å². The first-order chi connectivity index (χ1) is 15.8. The number of hydrogen-bond acceptors (Lipinski definition) is 5. The van der Waals surface area contributed by atoms with Crippen LogP contribution in [0.25, 0.3) is 0 Å². The quantitative estimate of drug-likeness (QED) is 0.752. The first-order valence-corrected chi connectivity index (χ1v) is 11.5. The summed E-state index contributed by atoms with van der Waals surface area (Å²) < 4.78 is 11.5. The largest absolute Gasteiger partial charge is 0.459 e. The van der Waals surface area contributed by atoms with Crippen LogP contribution in [-0.2, 0) is 9.53 Å². The summed E-state index contributed by atoms with van der Waals surface area (Å²) in [7, 11) is 0. The highest BCUT2D eigenvalue weighted by Gasteiger charge is 2.54. The van der Waals surface area contributed by atoms with E-state index in [0.29, 0.717) is 44.0 Å². The predicted molar refractivity (Wildman–Crippen MR) is 122 cm³/mol. The third-order valence-corrected chi connectivity index (χ3v) is 6.41. The van der Waals surface area contributed by atoms with Crippen LogP contribution < -0.4 is 5.32 Å². The third kappa shape index (κ3) is 4.53. The number of rotatable bonds is 5. The maximum Gasteiger partial charge on any atom is 0.289 e. The Balaban J connectivity index is 1.58. The van der Waals surface area contributed by atoms with E-state index in [9.17, 15) is 14.4 Å². The molecule has 8 heteroatoms. The van der Waals surface area contributed by atoms with Gasteiger partial charge in [0.05, 0.1) is 12.9 Å². The molecule has 3 heterocycles. The number of furan rings is 1. The molecule has 4 rings (SSSR count). The number of carbonyl (C=O) groups is 3. The monoisotopic (exact) mass is 453 g/mol. The molecule has 0 bridgehead atoms. The average molecular weight is 454 g/mol. The zero-order valence-electron chi connectivity index (χ0n) is 19.4. The fourth-order valence-corrected chi connectivity index (χ4v) is 4.55. The van der Waals surface area contributed by atoms with E-state index in [0.717, 1.165) is 5.56 Å². The van der Waals surface area contributed by atoms with Crippen molar-refractivity contribution in [2.75, 3.05) is 26.2 Å². The Morgan fingerprint density at radius 2 is 1.82 bits per heavy atom. The third-order valence-electron chi connectivity index (χ3n) is 6.41. The Hall–Kier alpha value is -3.13. The molecule has 33 heavy (non-hydrogen) atoms. The van der Waals surface area contributed by atoms with Crippen LogP contribution in [0.15, 0.2) is 47.1 Å². The van der Waals surface area contributed by atoms with Crippen LogP contribution in [0.2, 0.25) is 0 Å². The highest BCUT2D eigenvalue weighted by Crippen LogP contribution is 2.39. The number of likely N-dealkylation sites (tertiary alicyclic amines) is 1. The lowest BCUT2D eigenvalue weighted by molar-refractivity contribution is -0.128.